The average molecular weight is 456 g/mol. The normalized spacial score (nSPS) is 18.6. The molecule has 1 aliphatic carbocycles. The summed E-state index contributed by atoms with van der Waals surface area (Å²) in [5.74, 6) is 0.671. The highest BCUT2D eigenvalue weighted by Gasteiger charge is 2.25. The summed E-state index contributed by atoms with van der Waals surface area (Å²) in [6, 6.07) is 9.49. The Morgan fingerprint density at radius 1 is 1.09 bits per heavy atom. The van der Waals surface area contributed by atoms with E-state index in [1.165, 1.54) is 64.4 Å². The molecule has 1 saturated carbocycles. The average Bonchev–Trinajstić information content (AvgIpc) is 3.51. The second kappa shape index (κ2) is 9.26. The first-order valence-corrected chi connectivity index (χ1v) is 13.2. The van der Waals surface area contributed by atoms with Gasteiger partial charge in [0, 0.05) is 40.3 Å². The lowest BCUT2D eigenvalue weighted by Gasteiger charge is -2.30. The first-order chi connectivity index (χ1) is 16.1. The molecule has 0 N–H and O–H groups in total. The van der Waals surface area contributed by atoms with E-state index in [0.29, 0.717) is 12.0 Å². The van der Waals surface area contributed by atoms with Crippen LogP contribution in [0.2, 0.25) is 0 Å². The summed E-state index contributed by atoms with van der Waals surface area (Å²) in [5, 5.41) is 4.43. The van der Waals surface area contributed by atoms with E-state index in [-0.39, 0.29) is 0 Å². The molecule has 0 atom stereocenters. The number of thiazole rings is 1. The molecule has 0 bridgehead atoms. The fourth-order valence-corrected chi connectivity index (χ4v) is 6.19. The molecule has 1 fully saturated rings. The number of pyridine rings is 1. The summed E-state index contributed by atoms with van der Waals surface area (Å²) in [6.45, 7) is 10.9. The van der Waals surface area contributed by atoms with Crippen molar-refractivity contribution in [1.29, 1.82) is 0 Å². The van der Waals surface area contributed by atoms with E-state index in [1.807, 2.05) is 6.20 Å². The van der Waals surface area contributed by atoms with Gasteiger partial charge in [-0.15, -0.1) is 11.3 Å². The summed E-state index contributed by atoms with van der Waals surface area (Å²) in [5.41, 5.74) is 8.93. The van der Waals surface area contributed by atoms with Crippen molar-refractivity contribution in [2.24, 2.45) is 5.92 Å². The number of fused-ring (bicyclic) bond motifs is 1. The number of allylic oxidation sites excluding steroid dienone is 1. The topological polar surface area (TPSA) is 30.7 Å². The largest absolute Gasteiger partial charge is 0.342 e. The van der Waals surface area contributed by atoms with E-state index in [9.17, 15) is 0 Å². The van der Waals surface area contributed by atoms with Crippen LogP contribution in [0.15, 0.2) is 60.4 Å². The molecule has 3 heterocycles. The Bertz CT molecular complexity index is 1250. The molecule has 0 unspecified atom stereocenters. The van der Waals surface area contributed by atoms with Gasteiger partial charge in [0.2, 0.25) is 0 Å². The number of aryl methyl sites for hydroxylation is 2. The molecule has 3 aromatic heterocycles. The van der Waals surface area contributed by atoms with Gasteiger partial charge in [0.15, 0.2) is 0 Å². The molecule has 0 amide bonds. The number of hydrogen-bond donors (Lipinski definition) is 0. The van der Waals surface area contributed by atoms with E-state index in [2.05, 4.69) is 78.9 Å². The van der Waals surface area contributed by atoms with Crippen molar-refractivity contribution in [3.8, 4) is 21.8 Å². The zero-order chi connectivity index (χ0) is 22.9. The highest BCUT2D eigenvalue weighted by atomic mass is 32.1. The molecular formula is C29H33N3S. The molecule has 0 saturated heterocycles. The second-order valence-electron chi connectivity index (χ2n) is 9.38. The number of benzene rings is 1. The van der Waals surface area contributed by atoms with Crippen molar-refractivity contribution in [2.75, 3.05) is 0 Å². The summed E-state index contributed by atoms with van der Waals surface area (Å²) in [4.78, 5) is 9.71. The van der Waals surface area contributed by atoms with Crippen LogP contribution in [0.3, 0.4) is 0 Å². The smallest absolute Gasteiger partial charge is 0.125 e. The van der Waals surface area contributed by atoms with Gasteiger partial charge in [0.05, 0.1) is 17.4 Å². The van der Waals surface area contributed by atoms with E-state index in [1.54, 1.807) is 11.3 Å². The maximum absolute atomic E-state index is 5.04. The van der Waals surface area contributed by atoms with Crippen LogP contribution >= 0.6 is 11.3 Å². The minimum absolute atomic E-state index is 0.513. The SMILES string of the molecule is C=C(C)C1CCC(n2cc(-c3nccs3)c3cc(-c4c(CC)cccc4CC)ncc32)CC1. The van der Waals surface area contributed by atoms with Gasteiger partial charge >= 0.3 is 0 Å². The zero-order valence-corrected chi connectivity index (χ0v) is 20.8. The number of hydrogen-bond acceptors (Lipinski definition) is 3. The highest BCUT2D eigenvalue weighted by Crippen LogP contribution is 2.41. The van der Waals surface area contributed by atoms with Crippen molar-refractivity contribution in [3.63, 3.8) is 0 Å². The summed E-state index contributed by atoms with van der Waals surface area (Å²) in [7, 11) is 0. The fourth-order valence-electron chi connectivity index (χ4n) is 5.53. The summed E-state index contributed by atoms with van der Waals surface area (Å²) < 4.78 is 2.49. The number of aromatic nitrogens is 3. The predicted molar refractivity (Wildman–Crippen MR) is 141 cm³/mol. The molecule has 4 aromatic rings. The number of rotatable bonds is 6. The van der Waals surface area contributed by atoms with E-state index >= 15 is 0 Å². The minimum Gasteiger partial charge on any atom is -0.342 e. The van der Waals surface area contributed by atoms with Crippen molar-refractivity contribution in [1.82, 2.24) is 14.5 Å². The predicted octanol–water partition coefficient (Wildman–Crippen LogP) is 8.26. The van der Waals surface area contributed by atoms with Crippen molar-refractivity contribution in [2.45, 2.75) is 65.3 Å². The van der Waals surface area contributed by atoms with Gasteiger partial charge in [0.25, 0.3) is 0 Å². The molecule has 0 aliphatic heterocycles. The van der Waals surface area contributed by atoms with Crippen molar-refractivity contribution in [3.05, 3.63) is 71.5 Å². The Hall–Kier alpha value is -2.72. The minimum atomic E-state index is 0.513. The first kappa shape index (κ1) is 22.1. The first-order valence-electron chi connectivity index (χ1n) is 12.3. The molecule has 4 heteroatoms. The third-order valence-electron chi connectivity index (χ3n) is 7.42. The lowest BCUT2D eigenvalue weighted by atomic mass is 9.82. The van der Waals surface area contributed by atoms with E-state index in [4.69, 9.17) is 4.98 Å². The highest BCUT2D eigenvalue weighted by molar-refractivity contribution is 7.13. The Labute approximate surface area is 201 Å². The summed E-state index contributed by atoms with van der Waals surface area (Å²) >= 11 is 1.72. The van der Waals surface area contributed by atoms with E-state index < -0.39 is 0 Å². The maximum Gasteiger partial charge on any atom is 0.125 e. The van der Waals surface area contributed by atoms with Gasteiger partial charge < -0.3 is 4.57 Å². The molecule has 170 valence electrons. The van der Waals surface area contributed by atoms with E-state index in [0.717, 1.165) is 23.5 Å². The third-order valence-corrected chi connectivity index (χ3v) is 8.23. The number of nitrogens with zero attached hydrogens (tertiary/aromatic N) is 3. The Kier molecular flexibility index (Phi) is 6.20. The van der Waals surface area contributed by atoms with Crippen LogP contribution in [0.5, 0.6) is 0 Å². The molecule has 0 spiro atoms. The van der Waals surface area contributed by atoms with Crippen molar-refractivity contribution >= 4 is 22.2 Å². The zero-order valence-electron chi connectivity index (χ0n) is 20.0. The van der Waals surface area contributed by atoms with Gasteiger partial charge in [-0.3, -0.25) is 4.98 Å². The van der Waals surface area contributed by atoms with Gasteiger partial charge in [-0.25, -0.2) is 4.98 Å². The van der Waals surface area contributed by atoms with Gasteiger partial charge in [-0.1, -0.05) is 44.2 Å². The van der Waals surface area contributed by atoms with Gasteiger partial charge in [-0.05, 0) is 68.6 Å². The summed E-state index contributed by atoms with van der Waals surface area (Å²) in [6.07, 6.45) is 13.2. The van der Waals surface area contributed by atoms with Crippen LogP contribution in [0.4, 0.5) is 0 Å². The molecular weight excluding hydrogens is 422 g/mol. The van der Waals surface area contributed by atoms with Crippen molar-refractivity contribution < 1.29 is 0 Å². The van der Waals surface area contributed by atoms with Crippen LogP contribution in [0, 0.1) is 5.92 Å². The molecule has 1 aliphatic rings. The lowest BCUT2D eigenvalue weighted by molar-refractivity contribution is 0.306. The third kappa shape index (κ3) is 4.06. The molecule has 5 rings (SSSR count). The Morgan fingerprint density at radius 3 is 2.42 bits per heavy atom. The van der Waals surface area contributed by atoms with Crippen LogP contribution < -0.4 is 0 Å². The standard InChI is InChI=1S/C29H33N3S/c1-5-20-8-7-9-21(6-2)28(20)26-16-24-25(29-30-14-15-33-29)18-32(27(24)17-31-26)23-12-10-22(11-13-23)19(3)4/h7-9,14-18,22-23H,3,5-6,10-13H2,1-2,4H3. The second-order valence-corrected chi connectivity index (χ2v) is 10.3. The van der Waals surface area contributed by atoms with Crippen LogP contribution in [-0.4, -0.2) is 14.5 Å². The Morgan fingerprint density at radius 2 is 1.82 bits per heavy atom. The lowest BCUT2D eigenvalue weighted by Crippen LogP contribution is -2.18. The molecule has 3 nitrogen and oxygen atoms in total. The molecule has 1 aromatic carbocycles. The van der Waals surface area contributed by atoms with Crippen LogP contribution in [-0.2, 0) is 12.8 Å². The quantitative estimate of drug-likeness (QED) is 0.274. The van der Waals surface area contributed by atoms with Gasteiger partial charge in [-0.2, -0.15) is 0 Å². The molecule has 33 heavy (non-hydrogen) atoms. The maximum atomic E-state index is 5.04. The van der Waals surface area contributed by atoms with Crippen LogP contribution in [0.25, 0.3) is 32.7 Å². The molecule has 0 radical (unpaired) electrons. The van der Waals surface area contributed by atoms with Crippen LogP contribution in [0.1, 0.15) is 63.6 Å². The fraction of sp³-hybridized carbons (Fsp3) is 0.379. The monoisotopic (exact) mass is 455 g/mol. The Balaban J connectivity index is 1.64. The van der Waals surface area contributed by atoms with Gasteiger partial charge in [0.1, 0.15) is 5.01 Å².